The first-order valence-corrected chi connectivity index (χ1v) is 10.5. The van der Waals surface area contributed by atoms with Crippen molar-refractivity contribution in [3.63, 3.8) is 0 Å². The van der Waals surface area contributed by atoms with E-state index >= 15 is 0 Å². The standard InChI is InChI=1S/C20H24ClN3O3S/c1-3-5-9-26-14-7-8-16(17(11-14)27-10-6-4-2)23-24-20-15(12-22)19(21)18(13-25)28-20/h7-8,11,25H,3-6,9-10,13H2,1-2H3. The predicted octanol–water partition coefficient (Wildman–Crippen LogP) is 6.54. The van der Waals surface area contributed by atoms with Gasteiger partial charge in [0.25, 0.3) is 0 Å². The quantitative estimate of drug-likeness (QED) is 0.329. The Morgan fingerprint density at radius 1 is 1.14 bits per heavy atom. The molecule has 0 bridgehead atoms. The van der Waals surface area contributed by atoms with Crippen LogP contribution in [0.5, 0.6) is 11.5 Å². The van der Waals surface area contributed by atoms with E-state index in [0.717, 1.165) is 42.8 Å². The molecule has 0 aliphatic heterocycles. The summed E-state index contributed by atoms with van der Waals surface area (Å²) in [6.07, 6.45) is 3.99. The molecule has 0 radical (unpaired) electrons. The highest BCUT2D eigenvalue weighted by molar-refractivity contribution is 7.16. The zero-order valence-corrected chi connectivity index (χ0v) is 17.6. The Morgan fingerprint density at radius 2 is 1.86 bits per heavy atom. The molecule has 0 saturated heterocycles. The van der Waals surface area contributed by atoms with E-state index in [4.69, 9.17) is 21.1 Å². The topological polar surface area (TPSA) is 87.2 Å². The van der Waals surface area contributed by atoms with Gasteiger partial charge in [-0.2, -0.15) is 5.26 Å². The minimum Gasteiger partial charge on any atom is -0.493 e. The minimum atomic E-state index is -0.247. The number of rotatable bonds is 11. The van der Waals surface area contributed by atoms with Gasteiger partial charge in [0.2, 0.25) is 0 Å². The fourth-order valence-corrected chi connectivity index (χ4v) is 3.44. The van der Waals surface area contributed by atoms with E-state index in [9.17, 15) is 10.4 Å². The predicted molar refractivity (Wildman–Crippen MR) is 111 cm³/mol. The van der Waals surface area contributed by atoms with Crippen molar-refractivity contribution in [3.05, 3.63) is 33.7 Å². The van der Waals surface area contributed by atoms with Gasteiger partial charge in [-0.1, -0.05) is 38.3 Å². The van der Waals surface area contributed by atoms with Gasteiger partial charge in [0.15, 0.2) is 5.00 Å². The molecule has 1 aromatic carbocycles. The van der Waals surface area contributed by atoms with Crippen LogP contribution in [0.3, 0.4) is 0 Å². The van der Waals surface area contributed by atoms with Gasteiger partial charge in [-0.15, -0.1) is 21.6 Å². The number of aliphatic hydroxyl groups is 1. The molecule has 0 spiro atoms. The Morgan fingerprint density at radius 3 is 2.50 bits per heavy atom. The molecule has 0 aliphatic rings. The van der Waals surface area contributed by atoms with Crippen molar-refractivity contribution in [2.75, 3.05) is 13.2 Å². The van der Waals surface area contributed by atoms with Crippen LogP contribution < -0.4 is 9.47 Å². The van der Waals surface area contributed by atoms with Gasteiger partial charge in [-0.05, 0) is 25.0 Å². The van der Waals surface area contributed by atoms with Crippen LogP contribution in [0.25, 0.3) is 0 Å². The van der Waals surface area contributed by atoms with Crippen LogP contribution in [0.1, 0.15) is 50.0 Å². The molecule has 6 nitrogen and oxygen atoms in total. The van der Waals surface area contributed by atoms with Crippen LogP contribution in [-0.2, 0) is 6.61 Å². The molecule has 2 aromatic rings. The molecule has 1 heterocycles. The number of hydrogen-bond donors (Lipinski definition) is 1. The third kappa shape index (κ3) is 5.93. The lowest BCUT2D eigenvalue weighted by atomic mass is 10.2. The monoisotopic (exact) mass is 421 g/mol. The van der Waals surface area contributed by atoms with Gasteiger partial charge < -0.3 is 14.6 Å². The van der Waals surface area contributed by atoms with Crippen LogP contribution in [0.4, 0.5) is 10.7 Å². The number of nitrogens with zero attached hydrogens (tertiary/aromatic N) is 3. The maximum Gasteiger partial charge on any atom is 0.158 e. The van der Waals surface area contributed by atoms with Gasteiger partial charge in [0.1, 0.15) is 28.8 Å². The fourth-order valence-electron chi connectivity index (χ4n) is 2.26. The molecule has 1 N–H and O–H groups in total. The van der Waals surface area contributed by atoms with Gasteiger partial charge in [-0.3, -0.25) is 0 Å². The second-order valence-electron chi connectivity index (χ2n) is 6.02. The number of benzene rings is 1. The van der Waals surface area contributed by atoms with E-state index in [2.05, 4.69) is 24.1 Å². The third-order valence-electron chi connectivity index (χ3n) is 3.86. The maximum absolute atomic E-state index is 9.33. The molecule has 1 aromatic heterocycles. The van der Waals surface area contributed by atoms with E-state index in [0.29, 0.717) is 34.5 Å². The summed E-state index contributed by atoms with van der Waals surface area (Å²) in [6, 6.07) is 7.42. The van der Waals surface area contributed by atoms with Crippen LogP contribution >= 0.6 is 22.9 Å². The van der Waals surface area contributed by atoms with Gasteiger partial charge in [0, 0.05) is 6.07 Å². The summed E-state index contributed by atoms with van der Waals surface area (Å²) in [5, 5.41) is 27.6. The number of ether oxygens (including phenoxy) is 2. The smallest absolute Gasteiger partial charge is 0.158 e. The highest BCUT2D eigenvalue weighted by Gasteiger charge is 2.16. The van der Waals surface area contributed by atoms with Crippen molar-refractivity contribution in [2.24, 2.45) is 10.2 Å². The molecule has 150 valence electrons. The molecule has 0 amide bonds. The molecule has 8 heteroatoms. The summed E-state index contributed by atoms with van der Waals surface area (Å²) in [4.78, 5) is 0.492. The van der Waals surface area contributed by atoms with Crippen molar-refractivity contribution in [3.8, 4) is 17.6 Å². The average molecular weight is 422 g/mol. The number of azo groups is 1. The summed E-state index contributed by atoms with van der Waals surface area (Å²) < 4.78 is 11.6. The van der Waals surface area contributed by atoms with E-state index in [1.54, 1.807) is 6.07 Å². The van der Waals surface area contributed by atoms with Gasteiger partial charge >= 0.3 is 0 Å². The minimum absolute atomic E-state index is 0.215. The largest absolute Gasteiger partial charge is 0.493 e. The van der Waals surface area contributed by atoms with Crippen molar-refractivity contribution in [2.45, 2.75) is 46.1 Å². The Hall–Kier alpha value is -2.14. The Labute approximate surface area is 174 Å². The summed E-state index contributed by atoms with van der Waals surface area (Å²) >= 11 is 7.24. The lowest BCUT2D eigenvalue weighted by molar-refractivity contribution is 0.285. The summed E-state index contributed by atoms with van der Waals surface area (Å²) in [5.74, 6) is 1.30. The number of nitriles is 1. The van der Waals surface area contributed by atoms with Gasteiger partial charge in [-0.25, -0.2) is 0 Å². The molecule has 0 unspecified atom stereocenters. The average Bonchev–Trinajstić information content (AvgIpc) is 3.02. The van der Waals surface area contributed by atoms with E-state index in [-0.39, 0.29) is 17.2 Å². The first-order chi connectivity index (χ1) is 13.6. The van der Waals surface area contributed by atoms with Crippen molar-refractivity contribution >= 4 is 33.6 Å². The van der Waals surface area contributed by atoms with E-state index in [1.807, 2.05) is 18.2 Å². The molecule has 0 aliphatic carbocycles. The number of aliphatic hydroxyl groups excluding tert-OH is 1. The molecular formula is C20H24ClN3O3S. The summed E-state index contributed by atoms with van der Waals surface area (Å²) in [7, 11) is 0. The zero-order chi connectivity index (χ0) is 20.4. The second-order valence-corrected chi connectivity index (χ2v) is 7.48. The zero-order valence-electron chi connectivity index (χ0n) is 16.1. The van der Waals surface area contributed by atoms with Gasteiger partial charge in [0.05, 0.1) is 29.7 Å². The van der Waals surface area contributed by atoms with Crippen LogP contribution in [0, 0.1) is 11.3 Å². The first-order valence-electron chi connectivity index (χ1n) is 9.28. The van der Waals surface area contributed by atoms with E-state index in [1.165, 1.54) is 0 Å². The number of halogens is 1. The highest BCUT2D eigenvalue weighted by atomic mass is 35.5. The number of unbranched alkanes of at least 4 members (excludes halogenated alkanes) is 2. The number of thiophene rings is 1. The molecule has 0 atom stereocenters. The number of hydrogen-bond acceptors (Lipinski definition) is 7. The van der Waals surface area contributed by atoms with Crippen LogP contribution in [0.15, 0.2) is 28.4 Å². The normalized spacial score (nSPS) is 11.0. The molecule has 0 fully saturated rings. The van der Waals surface area contributed by atoms with Crippen molar-refractivity contribution in [1.29, 1.82) is 5.26 Å². The Bertz CT molecular complexity index is 846. The summed E-state index contributed by atoms with van der Waals surface area (Å²) in [6.45, 7) is 5.18. The Balaban J connectivity index is 2.27. The molecular weight excluding hydrogens is 398 g/mol. The SMILES string of the molecule is CCCCOc1ccc(N=Nc2sc(CO)c(Cl)c2C#N)c(OCCCC)c1. The lowest BCUT2D eigenvalue weighted by Gasteiger charge is -2.11. The molecule has 0 saturated carbocycles. The highest BCUT2D eigenvalue weighted by Crippen LogP contribution is 2.40. The van der Waals surface area contributed by atoms with Crippen molar-refractivity contribution < 1.29 is 14.6 Å². The molecule has 2 rings (SSSR count). The van der Waals surface area contributed by atoms with Crippen molar-refractivity contribution in [1.82, 2.24) is 0 Å². The van der Waals surface area contributed by atoms with Crippen LogP contribution in [-0.4, -0.2) is 18.3 Å². The Kier molecular flexibility index (Phi) is 9.21. The maximum atomic E-state index is 9.33. The third-order valence-corrected chi connectivity index (χ3v) is 5.44. The lowest BCUT2D eigenvalue weighted by Crippen LogP contribution is -1.99. The second kappa shape index (κ2) is 11.6. The molecule has 28 heavy (non-hydrogen) atoms. The first kappa shape index (κ1) is 22.2. The summed E-state index contributed by atoms with van der Waals surface area (Å²) in [5.41, 5.74) is 0.755. The fraction of sp³-hybridized carbons (Fsp3) is 0.450. The van der Waals surface area contributed by atoms with Crippen LogP contribution in [0.2, 0.25) is 5.02 Å². The van der Waals surface area contributed by atoms with E-state index < -0.39 is 0 Å².